The van der Waals surface area contributed by atoms with Gasteiger partial charge in [0.05, 0.1) is 12.2 Å². The van der Waals surface area contributed by atoms with Crippen LogP contribution in [-0.2, 0) is 27.4 Å². The molecule has 1 N–H and O–H groups in total. The molecule has 2 atom stereocenters. The van der Waals surface area contributed by atoms with Crippen molar-refractivity contribution >= 4 is 11.8 Å². The van der Waals surface area contributed by atoms with E-state index >= 15 is 0 Å². The summed E-state index contributed by atoms with van der Waals surface area (Å²) in [6.45, 7) is 7.05. The average Bonchev–Trinajstić information content (AvgIpc) is 3.02. The highest BCUT2D eigenvalue weighted by atomic mass is 16.5. The van der Waals surface area contributed by atoms with Gasteiger partial charge in [-0.05, 0) is 31.9 Å². The summed E-state index contributed by atoms with van der Waals surface area (Å²) in [5.74, 6) is -0.362. The number of nitrogens with zero attached hydrogens (tertiary/aromatic N) is 3. The van der Waals surface area contributed by atoms with Gasteiger partial charge in [0, 0.05) is 31.4 Å². The monoisotopic (exact) mass is 370 g/mol. The molecule has 7 nitrogen and oxygen atoms in total. The number of carbonyl (C=O) groups excluding carboxylic acids is 2. The molecule has 1 saturated heterocycles. The molecule has 0 aliphatic carbocycles. The second-order valence-electron chi connectivity index (χ2n) is 6.83. The molecule has 2 amide bonds. The van der Waals surface area contributed by atoms with Crippen LogP contribution in [-0.4, -0.2) is 46.3 Å². The summed E-state index contributed by atoms with van der Waals surface area (Å²) in [4.78, 5) is 26.7. The number of rotatable bonds is 5. The third-order valence-electron chi connectivity index (χ3n) is 5.21. The molecule has 0 bridgehead atoms. The van der Waals surface area contributed by atoms with Crippen LogP contribution in [0.15, 0.2) is 30.5 Å². The summed E-state index contributed by atoms with van der Waals surface area (Å²) in [6, 6.07) is 7.31. The number of benzene rings is 1. The van der Waals surface area contributed by atoms with Crippen LogP contribution in [0.5, 0.6) is 0 Å². The summed E-state index contributed by atoms with van der Waals surface area (Å²) in [7, 11) is 1.72. The number of aromatic nitrogens is 2. The van der Waals surface area contributed by atoms with Gasteiger partial charge in [-0.3, -0.25) is 14.3 Å². The molecule has 0 spiro atoms. The first kappa shape index (κ1) is 19.1. The number of morpholine rings is 1. The van der Waals surface area contributed by atoms with E-state index in [0.29, 0.717) is 6.54 Å². The molecule has 0 unspecified atom stereocenters. The van der Waals surface area contributed by atoms with Gasteiger partial charge >= 0.3 is 0 Å². The molecule has 7 heteroatoms. The first-order valence-corrected chi connectivity index (χ1v) is 9.15. The first-order valence-electron chi connectivity index (χ1n) is 9.15. The molecule has 1 fully saturated rings. The molecule has 1 aliphatic heterocycles. The molecule has 0 radical (unpaired) electrons. The minimum Gasteiger partial charge on any atom is -0.356 e. The standard InChI is InChI=1S/C20H26N4O3/c1-5-24-14(3)15(11-22-24)10-21-20(26)19-18(23(4)17(25)12-27-19)16-9-7-6-8-13(16)2/h6-9,11,18-19H,5,10,12H2,1-4H3,(H,21,26)/t18-,19+/m1/s1. The zero-order valence-corrected chi connectivity index (χ0v) is 16.2. The third-order valence-corrected chi connectivity index (χ3v) is 5.21. The van der Waals surface area contributed by atoms with Crippen LogP contribution >= 0.6 is 0 Å². The molecule has 27 heavy (non-hydrogen) atoms. The molecular formula is C20H26N4O3. The Kier molecular flexibility index (Phi) is 5.60. The number of carbonyl (C=O) groups is 2. The topological polar surface area (TPSA) is 76.5 Å². The van der Waals surface area contributed by atoms with E-state index in [1.54, 1.807) is 18.1 Å². The second kappa shape index (κ2) is 7.92. The molecule has 144 valence electrons. The summed E-state index contributed by atoms with van der Waals surface area (Å²) in [5, 5.41) is 7.25. The fourth-order valence-corrected chi connectivity index (χ4v) is 3.48. The maximum atomic E-state index is 12.9. The Morgan fingerprint density at radius 1 is 1.33 bits per heavy atom. The normalized spacial score (nSPS) is 20.0. The van der Waals surface area contributed by atoms with Crippen molar-refractivity contribution in [2.24, 2.45) is 0 Å². The summed E-state index contributed by atoms with van der Waals surface area (Å²) >= 11 is 0. The van der Waals surface area contributed by atoms with Crippen molar-refractivity contribution in [3.63, 3.8) is 0 Å². The quantitative estimate of drug-likeness (QED) is 0.870. The Labute approximate surface area is 159 Å². The second-order valence-corrected chi connectivity index (χ2v) is 6.83. The fraction of sp³-hybridized carbons (Fsp3) is 0.450. The average molecular weight is 370 g/mol. The van der Waals surface area contributed by atoms with Gasteiger partial charge in [0.1, 0.15) is 6.61 Å². The molecular weight excluding hydrogens is 344 g/mol. The SMILES string of the molecule is CCn1ncc(CNC(=O)[C@H]2OCC(=O)N(C)[C@@H]2c2ccccc2C)c1C. The molecule has 1 aromatic carbocycles. The summed E-state index contributed by atoms with van der Waals surface area (Å²) < 4.78 is 7.56. The van der Waals surface area contributed by atoms with Crippen molar-refractivity contribution in [3.05, 3.63) is 52.8 Å². The third kappa shape index (κ3) is 3.73. The van der Waals surface area contributed by atoms with Crippen molar-refractivity contribution in [1.29, 1.82) is 0 Å². The Bertz CT molecular complexity index is 846. The van der Waals surface area contributed by atoms with Gasteiger partial charge in [-0.2, -0.15) is 5.10 Å². The van der Waals surface area contributed by atoms with E-state index in [2.05, 4.69) is 10.4 Å². The predicted molar refractivity (Wildman–Crippen MR) is 101 cm³/mol. The minimum atomic E-state index is -0.754. The highest BCUT2D eigenvalue weighted by Gasteiger charge is 2.40. The molecule has 1 aliphatic rings. The fourth-order valence-electron chi connectivity index (χ4n) is 3.48. The molecule has 2 heterocycles. The van der Waals surface area contributed by atoms with Crippen molar-refractivity contribution in [2.45, 2.75) is 46.0 Å². The zero-order valence-electron chi connectivity index (χ0n) is 16.2. The van der Waals surface area contributed by atoms with Gasteiger partial charge in [-0.25, -0.2) is 0 Å². The number of amides is 2. The zero-order chi connectivity index (χ0) is 19.6. The summed E-state index contributed by atoms with van der Waals surface area (Å²) in [5.41, 5.74) is 3.94. The van der Waals surface area contributed by atoms with Gasteiger partial charge < -0.3 is 15.0 Å². The van der Waals surface area contributed by atoms with Crippen LogP contribution in [0.3, 0.4) is 0 Å². The van der Waals surface area contributed by atoms with Gasteiger partial charge in [0.2, 0.25) is 5.91 Å². The Morgan fingerprint density at radius 2 is 2.07 bits per heavy atom. The van der Waals surface area contributed by atoms with Crippen molar-refractivity contribution in [1.82, 2.24) is 20.0 Å². The number of aryl methyl sites for hydroxylation is 2. The number of likely N-dealkylation sites (N-methyl/N-ethyl adjacent to an activating group) is 1. The largest absolute Gasteiger partial charge is 0.356 e. The van der Waals surface area contributed by atoms with Crippen LogP contribution in [0.25, 0.3) is 0 Å². The lowest BCUT2D eigenvalue weighted by atomic mass is 9.94. The number of nitrogens with one attached hydrogen (secondary N) is 1. The highest BCUT2D eigenvalue weighted by molar-refractivity contribution is 5.86. The van der Waals surface area contributed by atoms with Gasteiger partial charge in [0.15, 0.2) is 6.10 Å². The van der Waals surface area contributed by atoms with Crippen molar-refractivity contribution < 1.29 is 14.3 Å². The minimum absolute atomic E-state index is 0.0935. The van der Waals surface area contributed by atoms with Crippen LogP contribution in [0.4, 0.5) is 0 Å². The maximum Gasteiger partial charge on any atom is 0.251 e. The van der Waals surface area contributed by atoms with Crippen LogP contribution in [0, 0.1) is 13.8 Å². The van der Waals surface area contributed by atoms with E-state index in [9.17, 15) is 9.59 Å². The van der Waals surface area contributed by atoms with E-state index in [-0.39, 0.29) is 18.4 Å². The molecule has 2 aromatic rings. The maximum absolute atomic E-state index is 12.9. The lowest BCUT2D eigenvalue weighted by Crippen LogP contribution is -2.53. The predicted octanol–water partition coefficient (Wildman–Crippen LogP) is 1.73. The molecule has 3 rings (SSSR count). The lowest BCUT2D eigenvalue weighted by molar-refractivity contribution is -0.162. The number of ether oxygens (including phenoxy) is 1. The van der Waals surface area contributed by atoms with Gasteiger partial charge in [-0.15, -0.1) is 0 Å². The van der Waals surface area contributed by atoms with E-state index in [1.165, 1.54) is 0 Å². The molecule has 1 aromatic heterocycles. The van der Waals surface area contributed by atoms with E-state index in [1.807, 2.05) is 49.7 Å². The number of hydrogen-bond acceptors (Lipinski definition) is 4. The highest BCUT2D eigenvalue weighted by Crippen LogP contribution is 2.31. The van der Waals surface area contributed by atoms with Crippen molar-refractivity contribution in [3.8, 4) is 0 Å². The summed E-state index contributed by atoms with van der Waals surface area (Å²) in [6.07, 6.45) is 1.02. The number of hydrogen-bond donors (Lipinski definition) is 1. The first-order chi connectivity index (χ1) is 12.9. The Balaban J connectivity index is 1.79. The van der Waals surface area contributed by atoms with Gasteiger partial charge in [-0.1, -0.05) is 24.3 Å². The van der Waals surface area contributed by atoms with Gasteiger partial charge in [0.25, 0.3) is 5.91 Å². The van der Waals surface area contributed by atoms with E-state index < -0.39 is 12.1 Å². The van der Waals surface area contributed by atoms with Crippen LogP contribution in [0.2, 0.25) is 0 Å². The van der Waals surface area contributed by atoms with Crippen molar-refractivity contribution in [2.75, 3.05) is 13.7 Å². The van der Waals surface area contributed by atoms with E-state index in [4.69, 9.17) is 4.74 Å². The van der Waals surface area contributed by atoms with E-state index in [0.717, 1.165) is 28.9 Å². The van der Waals surface area contributed by atoms with Crippen LogP contribution < -0.4 is 5.32 Å². The molecule has 0 saturated carbocycles. The lowest BCUT2D eigenvalue weighted by Gasteiger charge is -2.38. The smallest absolute Gasteiger partial charge is 0.251 e. The van der Waals surface area contributed by atoms with Crippen LogP contribution in [0.1, 0.15) is 35.3 Å². The Morgan fingerprint density at radius 3 is 2.74 bits per heavy atom. The Hall–Kier alpha value is -2.67.